The number of nitrogens with zero attached hydrogens (tertiary/aromatic N) is 3. The summed E-state index contributed by atoms with van der Waals surface area (Å²) in [6.07, 6.45) is 5.60. The highest BCUT2D eigenvalue weighted by molar-refractivity contribution is 5.87. The first-order chi connectivity index (χ1) is 11.6. The molecule has 1 aliphatic carbocycles. The number of nitrogens with one attached hydrogen (secondary N) is 2. The van der Waals surface area contributed by atoms with E-state index < -0.39 is 5.41 Å². The van der Waals surface area contributed by atoms with Crippen LogP contribution in [0.25, 0.3) is 0 Å². The van der Waals surface area contributed by atoms with Crippen molar-refractivity contribution in [2.75, 3.05) is 26.2 Å². The molecule has 1 aromatic heterocycles. The number of rotatable bonds is 5. The summed E-state index contributed by atoms with van der Waals surface area (Å²) in [5.41, 5.74) is 0.537. The molecule has 4 rings (SSSR count). The summed E-state index contributed by atoms with van der Waals surface area (Å²) in [7, 11) is 0. The van der Waals surface area contributed by atoms with E-state index in [4.69, 9.17) is 0 Å². The zero-order valence-electron chi connectivity index (χ0n) is 14.1. The molecule has 2 amide bonds. The summed E-state index contributed by atoms with van der Waals surface area (Å²) < 4.78 is 2.03. The Bertz CT molecular complexity index is 653. The van der Waals surface area contributed by atoms with E-state index in [2.05, 4.69) is 22.5 Å². The van der Waals surface area contributed by atoms with Gasteiger partial charge in [0, 0.05) is 50.8 Å². The summed E-state index contributed by atoms with van der Waals surface area (Å²) in [6, 6.07) is 0. The Hall–Kier alpha value is -1.89. The lowest BCUT2D eigenvalue weighted by atomic mass is 9.80. The number of carbonyl (C=O) groups excluding carboxylic acids is 2. The Labute approximate surface area is 141 Å². The third kappa shape index (κ3) is 2.51. The lowest BCUT2D eigenvalue weighted by Crippen LogP contribution is -2.47. The molecule has 0 bridgehead atoms. The summed E-state index contributed by atoms with van der Waals surface area (Å²) >= 11 is 0. The Morgan fingerprint density at radius 2 is 2.29 bits per heavy atom. The molecule has 2 N–H and O–H groups in total. The van der Waals surface area contributed by atoms with Crippen LogP contribution in [0.2, 0.25) is 0 Å². The molecule has 3 heterocycles. The van der Waals surface area contributed by atoms with Crippen molar-refractivity contribution in [3.05, 3.63) is 18.2 Å². The van der Waals surface area contributed by atoms with Gasteiger partial charge in [-0.05, 0) is 19.8 Å². The number of carbonyl (C=O) groups is 2. The third-order valence-corrected chi connectivity index (χ3v) is 5.79. The molecular weight excluding hydrogens is 306 g/mol. The van der Waals surface area contributed by atoms with E-state index in [1.165, 1.54) is 0 Å². The van der Waals surface area contributed by atoms with Crippen molar-refractivity contribution >= 4 is 11.8 Å². The summed E-state index contributed by atoms with van der Waals surface area (Å²) in [4.78, 5) is 31.4. The molecule has 0 unspecified atom stereocenters. The average Bonchev–Trinajstić information content (AvgIpc) is 3.04. The van der Waals surface area contributed by atoms with Crippen molar-refractivity contribution in [2.45, 2.75) is 32.9 Å². The Morgan fingerprint density at radius 1 is 1.46 bits per heavy atom. The highest BCUT2D eigenvalue weighted by Crippen LogP contribution is 2.42. The molecule has 1 saturated carbocycles. The van der Waals surface area contributed by atoms with Crippen molar-refractivity contribution in [2.24, 2.45) is 17.3 Å². The van der Waals surface area contributed by atoms with Gasteiger partial charge in [0.05, 0.1) is 24.0 Å². The SMILES string of the molecule is CCn1cncc1CNC(=O)[C@]12CNC[C@H]1CN(C(=O)C1CC1)C2. The molecule has 7 nitrogen and oxygen atoms in total. The first kappa shape index (κ1) is 15.6. The zero-order valence-corrected chi connectivity index (χ0v) is 14.1. The van der Waals surface area contributed by atoms with Crippen LogP contribution in [0.5, 0.6) is 0 Å². The lowest BCUT2D eigenvalue weighted by Gasteiger charge is -2.26. The number of hydrogen-bond donors (Lipinski definition) is 2. The van der Waals surface area contributed by atoms with Gasteiger partial charge < -0.3 is 20.1 Å². The Kier molecular flexibility index (Phi) is 3.83. The van der Waals surface area contributed by atoms with E-state index in [1.807, 2.05) is 9.47 Å². The number of aromatic nitrogens is 2. The van der Waals surface area contributed by atoms with E-state index >= 15 is 0 Å². The molecular formula is C17H25N5O2. The minimum Gasteiger partial charge on any atom is -0.350 e. The summed E-state index contributed by atoms with van der Waals surface area (Å²) in [5, 5.41) is 6.44. The topological polar surface area (TPSA) is 79.3 Å². The predicted molar refractivity (Wildman–Crippen MR) is 87.8 cm³/mol. The van der Waals surface area contributed by atoms with Crippen molar-refractivity contribution < 1.29 is 9.59 Å². The van der Waals surface area contributed by atoms with Crippen molar-refractivity contribution in [1.29, 1.82) is 0 Å². The second-order valence-electron chi connectivity index (χ2n) is 7.33. The average molecular weight is 331 g/mol. The van der Waals surface area contributed by atoms with Gasteiger partial charge in [0.25, 0.3) is 0 Å². The van der Waals surface area contributed by atoms with Gasteiger partial charge in [0.1, 0.15) is 0 Å². The molecule has 0 aromatic carbocycles. The van der Waals surface area contributed by atoms with Gasteiger partial charge in [-0.1, -0.05) is 0 Å². The zero-order chi connectivity index (χ0) is 16.7. The molecule has 3 fully saturated rings. The van der Waals surface area contributed by atoms with Gasteiger partial charge in [-0.3, -0.25) is 9.59 Å². The maximum Gasteiger partial charge on any atom is 0.230 e. The monoisotopic (exact) mass is 331 g/mol. The van der Waals surface area contributed by atoms with E-state index in [1.54, 1.807) is 12.5 Å². The first-order valence-corrected chi connectivity index (χ1v) is 8.91. The fourth-order valence-corrected chi connectivity index (χ4v) is 4.13. The van der Waals surface area contributed by atoms with Crippen LogP contribution in [0.4, 0.5) is 0 Å². The largest absolute Gasteiger partial charge is 0.350 e. The van der Waals surface area contributed by atoms with Crippen LogP contribution < -0.4 is 10.6 Å². The molecule has 7 heteroatoms. The van der Waals surface area contributed by atoms with E-state index in [0.29, 0.717) is 26.2 Å². The van der Waals surface area contributed by atoms with Crippen molar-refractivity contribution in [3.63, 3.8) is 0 Å². The highest BCUT2D eigenvalue weighted by atomic mass is 16.2. The number of amides is 2. The van der Waals surface area contributed by atoms with Gasteiger partial charge >= 0.3 is 0 Å². The van der Waals surface area contributed by atoms with E-state index in [0.717, 1.165) is 31.6 Å². The third-order valence-electron chi connectivity index (χ3n) is 5.79. The minimum atomic E-state index is -0.471. The number of fused-ring (bicyclic) bond motifs is 1. The first-order valence-electron chi connectivity index (χ1n) is 8.91. The minimum absolute atomic E-state index is 0.0625. The summed E-state index contributed by atoms with van der Waals surface area (Å²) in [5.74, 6) is 0.750. The van der Waals surface area contributed by atoms with Crippen molar-refractivity contribution in [3.8, 4) is 0 Å². The van der Waals surface area contributed by atoms with Crippen LogP contribution in [-0.2, 0) is 22.7 Å². The second kappa shape index (κ2) is 5.88. The second-order valence-corrected chi connectivity index (χ2v) is 7.33. The number of hydrogen-bond acceptors (Lipinski definition) is 4. The standard InChI is InChI=1S/C17H25N5O2/c1-2-21-11-19-6-14(21)7-20-16(24)17-9-18-5-13(17)8-22(10-17)15(23)12-3-4-12/h6,11-13,18H,2-5,7-10H2,1H3,(H,20,24)/t13-,17-/m0/s1. The number of likely N-dealkylation sites (tertiary alicyclic amines) is 1. The van der Waals surface area contributed by atoms with Crippen LogP contribution in [-0.4, -0.2) is 52.4 Å². The fraction of sp³-hybridized carbons (Fsp3) is 0.706. The molecule has 24 heavy (non-hydrogen) atoms. The number of imidazole rings is 1. The molecule has 1 aromatic rings. The Morgan fingerprint density at radius 3 is 3.04 bits per heavy atom. The lowest BCUT2D eigenvalue weighted by molar-refractivity contribution is -0.134. The maximum absolute atomic E-state index is 13.0. The quantitative estimate of drug-likeness (QED) is 0.795. The molecule has 0 radical (unpaired) electrons. The molecule has 2 aliphatic heterocycles. The van der Waals surface area contributed by atoms with Gasteiger partial charge in [-0.25, -0.2) is 4.98 Å². The van der Waals surface area contributed by atoms with Crippen LogP contribution in [0.1, 0.15) is 25.5 Å². The predicted octanol–water partition coefficient (Wildman–Crippen LogP) is -0.0228. The molecule has 2 atom stereocenters. The van der Waals surface area contributed by atoms with E-state index in [-0.39, 0.29) is 23.7 Å². The number of aryl methyl sites for hydroxylation is 1. The van der Waals surface area contributed by atoms with Crippen molar-refractivity contribution in [1.82, 2.24) is 25.1 Å². The highest BCUT2D eigenvalue weighted by Gasteiger charge is 2.56. The molecule has 130 valence electrons. The van der Waals surface area contributed by atoms with Gasteiger partial charge in [0.2, 0.25) is 11.8 Å². The van der Waals surface area contributed by atoms with Crippen LogP contribution in [0, 0.1) is 17.3 Å². The molecule has 2 saturated heterocycles. The van der Waals surface area contributed by atoms with Gasteiger partial charge in [0.15, 0.2) is 0 Å². The van der Waals surface area contributed by atoms with Crippen LogP contribution >= 0.6 is 0 Å². The molecule has 0 spiro atoms. The maximum atomic E-state index is 13.0. The molecule has 3 aliphatic rings. The van der Waals surface area contributed by atoms with Gasteiger partial charge in [-0.2, -0.15) is 0 Å². The van der Waals surface area contributed by atoms with E-state index in [9.17, 15) is 9.59 Å². The normalized spacial score (nSPS) is 28.9. The summed E-state index contributed by atoms with van der Waals surface area (Å²) in [6.45, 7) is 6.12. The fourth-order valence-electron chi connectivity index (χ4n) is 4.13. The van der Waals surface area contributed by atoms with Crippen LogP contribution in [0.3, 0.4) is 0 Å². The Balaban J connectivity index is 1.44. The smallest absolute Gasteiger partial charge is 0.230 e. The van der Waals surface area contributed by atoms with Crippen LogP contribution in [0.15, 0.2) is 12.5 Å². The van der Waals surface area contributed by atoms with Gasteiger partial charge in [-0.15, -0.1) is 0 Å².